The Hall–Kier alpha value is -1.13. The Kier molecular flexibility index (Phi) is 3.94. The number of benzene rings is 1. The summed E-state index contributed by atoms with van der Waals surface area (Å²) in [6.45, 7) is 4.60. The van der Waals surface area contributed by atoms with E-state index in [1.165, 1.54) is 45.5 Å². The van der Waals surface area contributed by atoms with Crippen LogP contribution in [-0.2, 0) is 0 Å². The van der Waals surface area contributed by atoms with Gasteiger partial charge < -0.3 is 10.1 Å². The van der Waals surface area contributed by atoms with Crippen molar-refractivity contribution in [1.82, 2.24) is 10.2 Å². The van der Waals surface area contributed by atoms with E-state index in [0.29, 0.717) is 17.8 Å². The number of methoxy groups -OCH3 is 1. The van der Waals surface area contributed by atoms with Crippen molar-refractivity contribution in [2.45, 2.75) is 44.3 Å². The molecule has 2 aliphatic rings. The van der Waals surface area contributed by atoms with Gasteiger partial charge in [0.25, 0.3) is 0 Å². The molecule has 1 aromatic rings. The van der Waals surface area contributed by atoms with Gasteiger partial charge in [0.2, 0.25) is 0 Å². The molecule has 0 radical (unpaired) electrons. The molecule has 0 aliphatic carbocycles. The molecule has 0 bridgehead atoms. The summed E-state index contributed by atoms with van der Waals surface area (Å²) in [4.78, 5) is 2.59. The van der Waals surface area contributed by atoms with Crippen molar-refractivity contribution < 1.29 is 9.13 Å². The molecule has 4 heteroatoms. The molecule has 0 amide bonds. The number of hydrogen-bond donors (Lipinski definition) is 1. The molecule has 3 atom stereocenters. The second kappa shape index (κ2) is 5.70. The summed E-state index contributed by atoms with van der Waals surface area (Å²) in [5.74, 6) is 0.0244. The smallest absolute Gasteiger partial charge is 0.165 e. The maximum absolute atomic E-state index is 13.5. The first-order valence-electron chi connectivity index (χ1n) is 7.52. The molecule has 3 rings (SSSR count). The van der Waals surface area contributed by atoms with Gasteiger partial charge in [0.1, 0.15) is 0 Å². The summed E-state index contributed by atoms with van der Waals surface area (Å²) < 4.78 is 18.5. The number of rotatable bonds is 4. The van der Waals surface area contributed by atoms with E-state index >= 15 is 0 Å². The lowest BCUT2D eigenvalue weighted by Crippen LogP contribution is -2.40. The summed E-state index contributed by atoms with van der Waals surface area (Å²) in [7, 11) is 1.51. The van der Waals surface area contributed by atoms with Gasteiger partial charge in [0, 0.05) is 24.7 Å². The van der Waals surface area contributed by atoms with E-state index in [4.69, 9.17) is 4.74 Å². The zero-order chi connectivity index (χ0) is 14.1. The highest BCUT2D eigenvalue weighted by Gasteiger charge is 2.37. The van der Waals surface area contributed by atoms with Crippen LogP contribution in [0.5, 0.6) is 5.75 Å². The lowest BCUT2D eigenvalue weighted by Gasteiger charge is -2.25. The molecule has 2 saturated heterocycles. The highest BCUT2D eigenvalue weighted by molar-refractivity contribution is 5.32. The molecular weight excluding hydrogens is 255 g/mol. The van der Waals surface area contributed by atoms with Crippen molar-refractivity contribution in [3.8, 4) is 5.75 Å². The van der Waals surface area contributed by atoms with E-state index in [2.05, 4.69) is 17.1 Å². The molecule has 20 heavy (non-hydrogen) atoms. The van der Waals surface area contributed by atoms with Gasteiger partial charge in [-0.25, -0.2) is 4.39 Å². The molecule has 3 unspecified atom stereocenters. The number of halogens is 1. The first-order chi connectivity index (χ1) is 9.69. The van der Waals surface area contributed by atoms with E-state index in [1.54, 1.807) is 6.07 Å². The van der Waals surface area contributed by atoms with Gasteiger partial charge in [-0.15, -0.1) is 0 Å². The van der Waals surface area contributed by atoms with Crippen LogP contribution in [0.3, 0.4) is 0 Å². The highest BCUT2D eigenvalue weighted by atomic mass is 19.1. The summed E-state index contributed by atoms with van der Waals surface area (Å²) in [5, 5.41) is 3.72. The minimum Gasteiger partial charge on any atom is -0.494 e. The number of nitrogens with one attached hydrogen (secondary N) is 1. The fraction of sp³-hybridized carbons (Fsp3) is 0.625. The normalized spacial score (nSPS) is 27.6. The molecular formula is C16H23FN2O. The molecule has 3 nitrogen and oxygen atoms in total. The fourth-order valence-corrected chi connectivity index (χ4v) is 3.64. The van der Waals surface area contributed by atoms with Crippen molar-refractivity contribution in [1.29, 1.82) is 0 Å². The monoisotopic (exact) mass is 278 g/mol. The molecule has 2 aliphatic heterocycles. The molecule has 1 N–H and O–H groups in total. The zero-order valence-corrected chi connectivity index (χ0v) is 12.2. The van der Waals surface area contributed by atoms with Gasteiger partial charge in [0.05, 0.1) is 7.11 Å². The number of nitrogens with zero attached hydrogens (tertiary/aromatic N) is 1. The van der Waals surface area contributed by atoms with Crippen LogP contribution < -0.4 is 10.1 Å². The van der Waals surface area contributed by atoms with Crippen LogP contribution >= 0.6 is 0 Å². The van der Waals surface area contributed by atoms with E-state index < -0.39 is 0 Å². The minimum absolute atomic E-state index is 0.218. The second-order valence-electron chi connectivity index (χ2n) is 5.92. The van der Waals surface area contributed by atoms with Gasteiger partial charge in [0.15, 0.2) is 11.6 Å². The van der Waals surface area contributed by atoms with Gasteiger partial charge in [-0.1, -0.05) is 6.07 Å². The molecule has 2 fully saturated rings. The van der Waals surface area contributed by atoms with E-state index in [1.807, 2.05) is 6.07 Å². The van der Waals surface area contributed by atoms with Crippen LogP contribution in [0.1, 0.15) is 37.8 Å². The Morgan fingerprint density at radius 1 is 1.35 bits per heavy atom. The van der Waals surface area contributed by atoms with Crippen LogP contribution in [0.15, 0.2) is 18.2 Å². The topological polar surface area (TPSA) is 24.5 Å². The van der Waals surface area contributed by atoms with Crippen LogP contribution in [0.2, 0.25) is 0 Å². The first-order valence-corrected chi connectivity index (χ1v) is 7.52. The Bertz CT molecular complexity index is 480. The Labute approximate surface area is 120 Å². The molecule has 0 saturated carbocycles. The van der Waals surface area contributed by atoms with Gasteiger partial charge in [-0.3, -0.25) is 4.90 Å². The third-order valence-electron chi connectivity index (χ3n) is 4.75. The molecule has 0 aromatic heterocycles. The maximum Gasteiger partial charge on any atom is 0.165 e. The molecule has 2 heterocycles. The fourth-order valence-electron chi connectivity index (χ4n) is 3.64. The third-order valence-corrected chi connectivity index (χ3v) is 4.75. The molecule has 110 valence electrons. The van der Waals surface area contributed by atoms with Crippen molar-refractivity contribution in [3.63, 3.8) is 0 Å². The van der Waals surface area contributed by atoms with Crippen LogP contribution in [-0.4, -0.2) is 37.2 Å². The SMILES string of the molecule is COc1cc(C(C)NC2CCN3CCCC23)ccc1F. The minimum atomic E-state index is -0.300. The average Bonchev–Trinajstić information content (AvgIpc) is 3.04. The van der Waals surface area contributed by atoms with Crippen molar-refractivity contribution >= 4 is 0 Å². The zero-order valence-electron chi connectivity index (χ0n) is 12.2. The van der Waals surface area contributed by atoms with Gasteiger partial charge >= 0.3 is 0 Å². The standard InChI is InChI=1S/C16H23FN2O/c1-11(12-5-6-13(17)16(10-12)20-2)18-14-7-9-19-8-3-4-15(14)19/h5-6,10-11,14-15,18H,3-4,7-9H2,1-2H3. The lowest BCUT2D eigenvalue weighted by atomic mass is 10.0. The van der Waals surface area contributed by atoms with E-state index in [-0.39, 0.29) is 11.9 Å². The highest BCUT2D eigenvalue weighted by Crippen LogP contribution is 2.30. The Morgan fingerprint density at radius 3 is 3.00 bits per heavy atom. The Morgan fingerprint density at radius 2 is 2.20 bits per heavy atom. The van der Waals surface area contributed by atoms with Crippen molar-refractivity contribution in [3.05, 3.63) is 29.6 Å². The third kappa shape index (κ3) is 2.54. The largest absolute Gasteiger partial charge is 0.494 e. The van der Waals surface area contributed by atoms with Crippen LogP contribution in [0, 0.1) is 5.82 Å². The maximum atomic E-state index is 13.5. The predicted molar refractivity (Wildman–Crippen MR) is 77.5 cm³/mol. The summed E-state index contributed by atoms with van der Waals surface area (Å²) >= 11 is 0. The van der Waals surface area contributed by atoms with Crippen LogP contribution in [0.25, 0.3) is 0 Å². The lowest BCUT2D eigenvalue weighted by molar-refractivity contribution is 0.291. The van der Waals surface area contributed by atoms with Crippen molar-refractivity contribution in [2.75, 3.05) is 20.2 Å². The number of ether oxygens (including phenoxy) is 1. The summed E-state index contributed by atoms with van der Waals surface area (Å²) in [6, 6.07) is 6.60. The summed E-state index contributed by atoms with van der Waals surface area (Å²) in [6.07, 6.45) is 3.84. The second-order valence-corrected chi connectivity index (χ2v) is 5.92. The molecule has 1 aromatic carbocycles. The van der Waals surface area contributed by atoms with E-state index in [9.17, 15) is 4.39 Å². The summed E-state index contributed by atoms with van der Waals surface area (Å²) in [5.41, 5.74) is 1.08. The van der Waals surface area contributed by atoms with Gasteiger partial charge in [-0.05, 0) is 50.4 Å². The predicted octanol–water partition coefficient (Wildman–Crippen LogP) is 2.72. The van der Waals surface area contributed by atoms with E-state index in [0.717, 1.165) is 5.56 Å². The van der Waals surface area contributed by atoms with Crippen molar-refractivity contribution in [2.24, 2.45) is 0 Å². The Balaban J connectivity index is 1.68. The van der Waals surface area contributed by atoms with Crippen LogP contribution in [0.4, 0.5) is 4.39 Å². The number of hydrogen-bond acceptors (Lipinski definition) is 3. The average molecular weight is 278 g/mol. The van der Waals surface area contributed by atoms with Gasteiger partial charge in [-0.2, -0.15) is 0 Å². The number of fused-ring (bicyclic) bond motifs is 1. The quantitative estimate of drug-likeness (QED) is 0.916. The molecule has 0 spiro atoms. The first kappa shape index (κ1) is 13.8.